The highest BCUT2D eigenvalue weighted by atomic mass is 32.2. The number of hydrogen-bond donors (Lipinski definition) is 2. The maximum Gasteiger partial charge on any atom is 0.417 e. The predicted molar refractivity (Wildman–Crippen MR) is 164 cm³/mol. The van der Waals surface area contributed by atoms with Crippen molar-refractivity contribution in [3.05, 3.63) is 77.9 Å². The van der Waals surface area contributed by atoms with E-state index in [9.17, 15) is 39.9 Å². The summed E-state index contributed by atoms with van der Waals surface area (Å²) in [6.45, 7) is 0. The minimum Gasteiger partial charge on any atom is -0.497 e. The molecule has 246 valence electrons. The number of amides is 1. The van der Waals surface area contributed by atoms with Gasteiger partial charge in [0.15, 0.2) is 15.4 Å². The van der Waals surface area contributed by atoms with Crippen LogP contribution in [0.3, 0.4) is 0 Å². The zero-order valence-corrected chi connectivity index (χ0v) is 26.7. The first-order valence-corrected chi connectivity index (χ1v) is 18.1. The second kappa shape index (κ2) is 11.0. The van der Waals surface area contributed by atoms with Crippen molar-refractivity contribution in [1.82, 2.24) is 0 Å². The lowest BCUT2D eigenvalue weighted by Gasteiger charge is -2.47. The number of rotatable bonds is 7. The third kappa shape index (κ3) is 5.43. The second-order valence-corrected chi connectivity index (χ2v) is 16.3. The number of sulfonamides is 1. The normalized spacial score (nSPS) is 24.9. The maximum absolute atomic E-state index is 14.4. The van der Waals surface area contributed by atoms with Crippen LogP contribution in [0.15, 0.2) is 76.5 Å². The van der Waals surface area contributed by atoms with Crippen LogP contribution in [0.4, 0.5) is 24.5 Å². The molecule has 0 aromatic heterocycles. The van der Waals surface area contributed by atoms with Gasteiger partial charge < -0.3 is 15.2 Å². The van der Waals surface area contributed by atoms with Crippen molar-refractivity contribution in [3.63, 3.8) is 0 Å². The van der Waals surface area contributed by atoms with Gasteiger partial charge in [0, 0.05) is 29.0 Å². The Morgan fingerprint density at radius 2 is 1.59 bits per heavy atom. The molecule has 3 aliphatic rings. The standard InChI is InChI=1S/C32H33F3N2O7S2/c1-44-23-6-4-8-25(19-23)46(42,43)37-27-12-11-21(29(38)36-22-5-3-7-24(18-22)45(2,40)41)17-26(27)30(28(37)20-9-10-20)13-15-31(39,16-14-30)32(33,34)35/h3-8,11-12,17-20,28,39H,9-10,13-16H2,1-2H3,(H,36,38). The highest BCUT2D eigenvalue weighted by Gasteiger charge is 2.65. The SMILES string of the molecule is COc1cccc(S(=O)(=O)N2c3ccc(C(=O)Nc4cccc(S(C)(=O)=O)c4)cc3C3(CCC(O)(C(F)(F)F)CC3)C2C2CC2)c1. The van der Waals surface area contributed by atoms with E-state index < -0.39 is 61.8 Å². The van der Waals surface area contributed by atoms with Crippen molar-refractivity contribution in [3.8, 4) is 5.75 Å². The van der Waals surface area contributed by atoms with E-state index in [4.69, 9.17) is 4.74 Å². The molecule has 2 aliphatic carbocycles. The van der Waals surface area contributed by atoms with E-state index in [1.807, 2.05) is 0 Å². The monoisotopic (exact) mass is 678 g/mol. The molecule has 2 saturated carbocycles. The molecule has 9 nitrogen and oxygen atoms in total. The Labute approximate surface area is 265 Å². The number of benzene rings is 3. The highest BCUT2D eigenvalue weighted by Crippen LogP contribution is 2.62. The molecular formula is C32H33F3N2O7S2. The maximum atomic E-state index is 14.4. The first-order chi connectivity index (χ1) is 21.5. The molecule has 1 aliphatic heterocycles. The third-order valence-corrected chi connectivity index (χ3v) is 12.4. The van der Waals surface area contributed by atoms with Crippen molar-refractivity contribution in [1.29, 1.82) is 0 Å². The molecule has 14 heteroatoms. The number of sulfone groups is 1. The van der Waals surface area contributed by atoms with Crippen molar-refractivity contribution < 1.29 is 44.6 Å². The lowest BCUT2D eigenvalue weighted by atomic mass is 9.61. The first kappa shape index (κ1) is 32.3. The van der Waals surface area contributed by atoms with Crippen LogP contribution in [0.5, 0.6) is 5.75 Å². The van der Waals surface area contributed by atoms with Gasteiger partial charge in [-0.2, -0.15) is 13.2 Å². The van der Waals surface area contributed by atoms with Crippen LogP contribution >= 0.6 is 0 Å². The zero-order chi connectivity index (χ0) is 33.3. The fraction of sp³-hybridized carbons (Fsp3) is 0.406. The Bertz CT molecular complexity index is 1920. The molecule has 2 fully saturated rings. The van der Waals surface area contributed by atoms with Crippen LogP contribution in [0, 0.1) is 5.92 Å². The molecule has 0 bridgehead atoms. The van der Waals surface area contributed by atoms with Gasteiger partial charge in [0.25, 0.3) is 15.9 Å². The summed E-state index contributed by atoms with van der Waals surface area (Å²) in [4.78, 5) is 13.4. The molecule has 1 heterocycles. The lowest BCUT2D eigenvalue weighted by molar-refractivity contribution is -0.273. The smallest absolute Gasteiger partial charge is 0.417 e. The Hall–Kier alpha value is -3.62. The van der Waals surface area contributed by atoms with Gasteiger partial charge >= 0.3 is 6.18 Å². The van der Waals surface area contributed by atoms with Crippen LogP contribution in [0.2, 0.25) is 0 Å². The minimum absolute atomic E-state index is 0.00299. The van der Waals surface area contributed by atoms with Gasteiger partial charge in [-0.15, -0.1) is 0 Å². The summed E-state index contributed by atoms with van der Waals surface area (Å²) in [6.07, 6.45) is -4.01. The topological polar surface area (TPSA) is 130 Å². The van der Waals surface area contributed by atoms with Crippen LogP contribution in [0.25, 0.3) is 0 Å². The van der Waals surface area contributed by atoms with Crippen molar-refractivity contribution in [2.24, 2.45) is 5.92 Å². The molecule has 2 N–H and O–H groups in total. The largest absolute Gasteiger partial charge is 0.497 e. The fourth-order valence-corrected chi connectivity index (χ4v) is 9.48. The van der Waals surface area contributed by atoms with Crippen LogP contribution in [0.1, 0.15) is 54.4 Å². The van der Waals surface area contributed by atoms with E-state index in [2.05, 4.69) is 5.32 Å². The highest BCUT2D eigenvalue weighted by molar-refractivity contribution is 7.93. The summed E-state index contributed by atoms with van der Waals surface area (Å²) >= 11 is 0. The van der Waals surface area contributed by atoms with Crippen LogP contribution in [-0.2, 0) is 25.3 Å². The van der Waals surface area contributed by atoms with E-state index in [0.717, 1.165) is 6.26 Å². The number of alkyl halides is 3. The summed E-state index contributed by atoms with van der Waals surface area (Å²) in [6, 6.07) is 15.4. The number of hydrogen-bond acceptors (Lipinski definition) is 7. The van der Waals surface area contributed by atoms with Gasteiger partial charge in [-0.25, -0.2) is 16.8 Å². The number of nitrogens with zero attached hydrogens (tertiary/aromatic N) is 1. The molecule has 3 aromatic rings. The Morgan fingerprint density at radius 1 is 0.935 bits per heavy atom. The number of carbonyl (C=O) groups is 1. The van der Waals surface area contributed by atoms with Crippen molar-refractivity contribution in [2.45, 2.75) is 71.6 Å². The summed E-state index contributed by atoms with van der Waals surface area (Å²) < 4.78 is 101. The molecule has 1 atom stereocenters. The van der Waals surface area contributed by atoms with Gasteiger partial charge in [0.05, 0.1) is 28.6 Å². The quantitative estimate of drug-likeness (QED) is 0.340. The molecule has 46 heavy (non-hydrogen) atoms. The number of fused-ring (bicyclic) bond motifs is 2. The molecule has 3 aromatic carbocycles. The van der Waals surface area contributed by atoms with Crippen molar-refractivity contribution in [2.75, 3.05) is 23.0 Å². The Kier molecular flexibility index (Phi) is 7.72. The fourth-order valence-electron chi connectivity index (χ4n) is 6.98. The zero-order valence-electron chi connectivity index (χ0n) is 25.0. The number of aliphatic hydroxyl groups is 1. The predicted octanol–water partition coefficient (Wildman–Crippen LogP) is 5.44. The summed E-state index contributed by atoms with van der Waals surface area (Å²) in [7, 11) is -6.40. The van der Waals surface area contributed by atoms with Gasteiger partial charge in [0.1, 0.15) is 5.75 Å². The summed E-state index contributed by atoms with van der Waals surface area (Å²) in [5.41, 5.74) is -2.98. The number of nitrogens with one attached hydrogen (secondary N) is 1. The minimum atomic E-state index is -4.86. The van der Waals surface area contributed by atoms with E-state index in [-0.39, 0.29) is 45.5 Å². The number of methoxy groups -OCH3 is 1. The molecule has 0 saturated heterocycles. The molecular weight excluding hydrogens is 645 g/mol. The van der Waals surface area contributed by atoms with Gasteiger partial charge in [-0.05, 0) is 98.5 Å². The van der Waals surface area contributed by atoms with Crippen LogP contribution < -0.4 is 14.4 Å². The molecule has 1 spiro atoms. The average molecular weight is 679 g/mol. The lowest BCUT2D eigenvalue weighted by Crippen LogP contribution is -2.56. The van der Waals surface area contributed by atoms with Gasteiger partial charge in [-0.1, -0.05) is 12.1 Å². The second-order valence-electron chi connectivity index (χ2n) is 12.4. The average Bonchev–Trinajstić information content (AvgIpc) is 3.80. The Morgan fingerprint density at radius 3 is 2.20 bits per heavy atom. The van der Waals surface area contributed by atoms with Crippen LogP contribution in [-0.4, -0.2) is 59.0 Å². The first-order valence-electron chi connectivity index (χ1n) is 14.7. The number of carbonyl (C=O) groups excluding carboxylic acids is 1. The molecule has 1 amide bonds. The molecule has 0 radical (unpaired) electrons. The molecule has 6 rings (SSSR count). The van der Waals surface area contributed by atoms with Gasteiger partial charge in [0.2, 0.25) is 0 Å². The van der Waals surface area contributed by atoms with E-state index >= 15 is 0 Å². The van der Waals surface area contributed by atoms with Crippen molar-refractivity contribution >= 4 is 37.1 Å². The van der Waals surface area contributed by atoms with E-state index in [1.165, 1.54) is 66.0 Å². The summed E-state index contributed by atoms with van der Waals surface area (Å²) in [5, 5.41) is 13.3. The van der Waals surface area contributed by atoms with E-state index in [0.29, 0.717) is 24.2 Å². The summed E-state index contributed by atoms with van der Waals surface area (Å²) in [5.74, 6) is -0.429. The van der Waals surface area contributed by atoms with Gasteiger partial charge in [-0.3, -0.25) is 9.10 Å². The third-order valence-electron chi connectivity index (χ3n) is 9.54. The van der Waals surface area contributed by atoms with E-state index in [1.54, 1.807) is 12.1 Å². The number of anilines is 2. The Balaban J connectivity index is 1.46. The number of ether oxygens (including phenoxy) is 1. The molecule has 1 unspecified atom stereocenters. The number of halogens is 3.